The van der Waals surface area contributed by atoms with Crippen molar-refractivity contribution in [1.82, 2.24) is 10.6 Å². The zero-order valence-corrected chi connectivity index (χ0v) is 11.3. The highest BCUT2D eigenvalue weighted by Crippen LogP contribution is 2.21. The second-order valence-corrected chi connectivity index (χ2v) is 6.04. The summed E-state index contributed by atoms with van der Waals surface area (Å²) in [5.41, 5.74) is -0.410. The summed E-state index contributed by atoms with van der Waals surface area (Å²) in [6, 6.07) is 0. The van der Waals surface area contributed by atoms with Crippen LogP contribution in [0.5, 0.6) is 0 Å². The van der Waals surface area contributed by atoms with Crippen molar-refractivity contribution in [2.75, 3.05) is 19.7 Å². The lowest BCUT2D eigenvalue weighted by Crippen LogP contribution is -2.51. The maximum Gasteiger partial charge on any atom is 0.240 e. The smallest absolute Gasteiger partial charge is 0.240 e. The molecule has 1 aliphatic rings. The Labute approximate surface area is 104 Å². The highest BCUT2D eigenvalue weighted by Gasteiger charge is 2.35. The van der Waals surface area contributed by atoms with Crippen molar-refractivity contribution in [2.24, 2.45) is 5.41 Å². The number of amides is 1. The number of carbonyl (C=O) groups excluding carboxylic acids is 1. The Morgan fingerprint density at radius 3 is 2.76 bits per heavy atom. The first-order valence-corrected chi connectivity index (χ1v) is 6.54. The van der Waals surface area contributed by atoms with Crippen molar-refractivity contribution in [3.05, 3.63) is 0 Å². The van der Waals surface area contributed by atoms with E-state index in [0.717, 1.165) is 32.2 Å². The monoisotopic (exact) mass is 242 g/mol. The summed E-state index contributed by atoms with van der Waals surface area (Å²) in [6.07, 6.45) is 3.83. The summed E-state index contributed by atoms with van der Waals surface area (Å²) in [5, 5.41) is 15.3. The maximum atomic E-state index is 11.9. The minimum atomic E-state index is -0.369. The Morgan fingerprint density at radius 2 is 2.24 bits per heavy atom. The third kappa shape index (κ3) is 4.28. The van der Waals surface area contributed by atoms with Crippen molar-refractivity contribution in [2.45, 2.75) is 52.0 Å². The minimum Gasteiger partial charge on any atom is -0.396 e. The molecule has 0 aromatic carbocycles. The second-order valence-electron chi connectivity index (χ2n) is 6.04. The van der Waals surface area contributed by atoms with Gasteiger partial charge in [0.2, 0.25) is 5.91 Å². The standard InChI is InChI=1S/C13H26N2O2/c1-12(2,10-16)6-4-8-14-11(17)13(3)7-5-9-15-13/h15-16H,4-10H2,1-3H3,(H,14,17). The maximum absolute atomic E-state index is 11.9. The van der Waals surface area contributed by atoms with Gasteiger partial charge in [0.1, 0.15) is 0 Å². The summed E-state index contributed by atoms with van der Waals surface area (Å²) in [5.74, 6) is 0.108. The van der Waals surface area contributed by atoms with Crippen molar-refractivity contribution < 1.29 is 9.90 Å². The van der Waals surface area contributed by atoms with E-state index in [1.807, 2.05) is 20.8 Å². The van der Waals surface area contributed by atoms with Crippen LogP contribution >= 0.6 is 0 Å². The summed E-state index contributed by atoms with van der Waals surface area (Å²) >= 11 is 0. The third-order valence-electron chi connectivity index (χ3n) is 3.61. The molecule has 0 radical (unpaired) electrons. The molecule has 0 bridgehead atoms. The van der Waals surface area contributed by atoms with Gasteiger partial charge in [0, 0.05) is 13.2 Å². The Bertz CT molecular complexity index is 258. The summed E-state index contributed by atoms with van der Waals surface area (Å²) in [6.45, 7) is 7.86. The molecule has 1 fully saturated rings. The molecule has 17 heavy (non-hydrogen) atoms. The lowest BCUT2D eigenvalue weighted by molar-refractivity contribution is -0.126. The topological polar surface area (TPSA) is 61.4 Å². The average Bonchev–Trinajstić information content (AvgIpc) is 2.72. The van der Waals surface area contributed by atoms with Gasteiger partial charge in [-0.25, -0.2) is 0 Å². The van der Waals surface area contributed by atoms with Crippen LogP contribution in [0.4, 0.5) is 0 Å². The summed E-state index contributed by atoms with van der Waals surface area (Å²) in [4.78, 5) is 11.9. The molecule has 1 aliphatic heterocycles. The highest BCUT2D eigenvalue weighted by atomic mass is 16.3. The fourth-order valence-electron chi connectivity index (χ4n) is 2.13. The molecular weight excluding hydrogens is 216 g/mol. The number of carbonyl (C=O) groups is 1. The Kier molecular flexibility index (Phi) is 4.95. The molecular formula is C13H26N2O2. The first-order valence-electron chi connectivity index (χ1n) is 6.54. The van der Waals surface area contributed by atoms with Crippen molar-refractivity contribution in [3.63, 3.8) is 0 Å². The van der Waals surface area contributed by atoms with Gasteiger partial charge >= 0.3 is 0 Å². The number of aliphatic hydroxyl groups excluding tert-OH is 1. The van der Waals surface area contributed by atoms with E-state index in [-0.39, 0.29) is 23.5 Å². The van der Waals surface area contributed by atoms with Crippen LogP contribution in [0.3, 0.4) is 0 Å². The fourth-order valence-corrected chi connectivity index (χ4v) is 2.13. The van der Waals surface area contributed by atoms with E-state index >= 15 is 0 Å². The average molecular weight is 242 g/mol. The predicted molar refractivity (Wildman–Crippen MR) is 68.8 cm³/mol. The van der Waals surface area contributed by atoms with E-state index in [1.54, 1.807) is 0 Å². The van der Waals surface area contributed by atoms with Crippen LogP contribution in [0.1, 0.15) is 46.5 Å². The van der Waals surface area contributed by atoms with Crippen molar-refractivity contribution in [3.8, 4) is 0 Å². The molecule has 1 saturated heterocycles. The van der Waals surface area contributed by atoms with Crippen LogP contribution in [0.25, 0.3) is 0 Å². The summed E-state index contributed by atoms with van der Waals surface area (Å²) < 4.78 is 0. The van der Waals surface area contributed by atoms with Gasteiger partial charge in [-0.15, -0.1) is 0 Å². The van der Waals surface area contributed by atoms with E-state index in [2.05, 4.69) is 10.6 Å². The second kappa shape index (κ2) is 5.83. The molecule has 1 atom stereocenters. The van der Waals surface area contributed by atoms with Crippen LogP contribution in [0.15, 0.2) is 0 Å². The predicted octanol–water partition coefficient (Wildman–Crippen LogP) is 1.04. The van der Waals surface area contributed by atoms with Crippen molar-refractivity contribution in [1.29, 1.82) is 0 Å². The Morgan fingerprint density at radius 1 is 1.53 bits per heavy atom. The molecule has 0 aliphatic carbocycles. The first kappa shape index (κ1) is 14.5. The van der Waals surface area contributed by atoms with E-state index in [0.29, 0.717) is 6.54 Å². The van der Waals surface area contributed by atoms with Crippen LogP contribution in [-0.4, -0.2) is 36.2 Å². The number of nitrogens with one attached hydrogen (secondary N) is 2. The molecule has 1 amide bonds. The van der Waals surface area contributed by atoms with Gasteiger partial charge in [-0.1, -0.05) is 13.8 Å². The lowest BCUT2D eigenvalue weighted by Gasteiger charge is -2.24. The first-order chi connectivity index (χ1) is 7.90. The van der Waals surface area contributed by atoms with E-state index < -0.39 is 0 Å². The largest absolute Gasteiger partial charge is 0.396 e. The SMILES string of the molecule is CC(C)(CO)CCCNC(=O)C1(C)CCCN1. The molecule has 1 rings (SSSR count). The van der Waals surface area contributed by atoms with Crippen LogP contribution in [0.2, 0.25) is 0 Å². The molecule has 0 aromatic rings. The molecule has 4 nitrogen and oxygen atoms in total. The summed E-state index contributed by atoms with van der Waals surface area (Å²) in [7, 11) is 0. The van der Waals surface area contributed by atoms with Gasteiger partial charge in [-0.2, -0.15) is 0 Å². The van der Waals surface area contributed by atoms with Crippen LogP contribution < -0.4 is 10.6 Å². The van der Waals surface area contributed by atoms with E-state index in [1.165, 1.54) is 0 Å². The molecule has 0 spiro atoms. The molecule has 100 valence electrons. The molecule has 1 unspecified atom stereocenters. The number of aliphatic hydroxyl groups is 1. The van der Waals surface area contributed by atoms with Gasteiger partial charge in [-0.05, 0) is 44.6 Å². The molecule has 3 N–H and O–H groups in total. The van der Waals surface area contributed by atoms with Crippen LogP contribution in [-0.2, 0) is 4.79 Å². The van der Waals surface area contributed by atoms with Gasteiger partial charge < -0.3 is 15.7 Å². The highest BCUT2D eigenvalue weighted by molar-refractivity contribution is 5.86. The molecule has 0 aromatic heterocycles. The zero-order valence-electron chi connectivity index (χ0n) is 11.3. The minimum absolute atomic E-state index is 0.0414. The molecule has 1 heterocycles. The van der Waals surface area contributed by atoms with Gasteiger partial charge in [0.05, 0.1) is 5.54 Å². The molecule has 0 saturated carbocycles. The number of hydrogen-bond acceptors (Lipinski definition) is 3. The lowest BCUT2D eigenvalue weighted by atomic mass is 9.89. The quantitative estimate of drug-likeness (QED) is 0.610. The van der Waals surface area contributed by atoms with E-state index in [4.69, 9.17) is 5.11 Å². The van der Waals surface area contributed by atoms with E-state index in [9.17, 15) is 4.79 Å². The Balaban J connectivity index is 2.21. The fraction of sp³-hybridized carbons (Fsp3) is 0.923. The van der Waals surface area contributed by atoms with Gasteiger partial charge in [0.25, 0.3) is 0 Å². The third-order valence-corrected chi connectivity index (χ3v) is 3.61. The van der Waals surface area contributed by atoms with Gasteiger partial charge in [-0.3, -0.25) is 4.79 Å². The Hall–Kier alpha value is -0.610. The normalized spacial score (nSPS) is 24.9. The zero-order chi connectivity index (χ0) is 12.9. The van der Waals surface area contributed by atoms with Crippen molar-refractivity contribution >= 4 is 5.91 Å². The van der Waals surface area contributed by atoms with Crippen LogP contribution in [0, 0.1) is 5.41 Å². The number of hydrogen-bond donors (Lipinski definition) is 3. The van der Waals surface area contributed by atoms with Gasteiger partial charge in [0.15, 0.2) is 0 Å². The molecule has 4 heteroatoms. The number of rotatable bonds is 6.